The maximum Gasteiger partial charge on any atom is 0.164 e. The summed E-state index contributed by atoms with van der Waals surface area (Å²) in [5.41, 5.74) is 8.13. The van der Waals surface area contributed by atoms with Gasteiger partial charge in [0, 0.05) is 42.7 Å². The Morgan fingerprint density at radius 3 is 1.38 bits per heavy atom. The van der Waals surface area contributed by atoms with E-state index in [2.05, 4.69) is 76.6 Å². The molecule has 0 aliphatic carbocycles. The molecule has 9 rings (SSSR count). The summed E-state index contributed by atoms with van der Waals surface area (Å²) in [6, 6.07) is 45.0. The standard InChI is InChI=1S/C39H22BrN3O2/c40-28-7-5-6-25(20-28)23-12-14-24(15-13-23)37-41-38(26-16-18-31-29-8-1-3-10-33(29)44-35(31)21-26)43-39(42-37)27-17-19-32-30-9-2-4-11-34(30)45-36(32)22-27/h1-22H. The van der Waals surface area contributed by atoms with E-state index < -0.39 is 0 Å². The Bertz CT molecular complexity index is 2430. The van der Waals surface area contributed by atoms with Gasteiger partial charge in [0.25, 0.3) is 0 Å². The van der Waals surface area contributed by atoms with Crippen LogP contribution in [0, 0.1) is 0 Å². The highest BCUT2D eigenvalue weighted by Crippen LogP contribution is 2.35. The van der Waals surface area contributed by atoms with Gasteiger partial charge in [-0.3, -0.25) is 0 Å². The van der Waals surface area contributed by atoms with Gasteiger partial charge in [-0.25, -0.2) is 15.0 Å². The lowest BCUT2D eigenvalue weighted by Crippen LogP contribution is -2.00. The quantitative estimate of drug-likeness (QED) is 0.191. The summed E-state index contributed by atoms with van der Waals surface area (Å²) in [6.45, 7) is 0. The van der Waals surface area contributed by atoms with Gasteiger partial charge in [0.2, 0.25) is 0 Å². The van der Waals surface area contributed by atoms with Crippen LogP contribution in [0.15, 0.2) is 147 Å². The largest absolute Gasteiger partial charge is 0.456 e. The Hall–Kier alpha value is -5.59. The van der Waals surface area contributed by atoms with E-state index in [-0.39, 0.29) is 0 Å². The topological polar surface area (TPSA) is 65.0 Å². The van der Waals surface area contributed by atoms with Gasteiger partial charge in [-0.15, -0.1) is 0 Å². The molecule has 0 bridgehead atoms. The number of hydrogen-bond acceptors (Lipinski definition) is 5. The van der Waals surface area contributed by atoms with E-state index in [1.165, 1.54) is 0 Å². The van der Waals surface area contributed by atoms with Crippen LogP contribution in [0.3, 0.4) is 0 Å². The van der Waals surface area contributed by atoms with Crippen molar-refractivity contribution in [2.75, 3.05) is 0 Å². The lowest BCUT2D eigenvalue weighted by atomic mass is 10.0. The van der Waals surface area contributed by atoms with Crippen molar-refractivity contribution in [3.63, 3.8) is 0 Å². The first-order valence-electron chi connectivity index (χ1n) is 14.6. The van der Waals surface area contributed by atoms with Crippen LogP contribution in [-0.4, -0.2) is 15.0 Å². The number of fused-ring (bicyclic) bond motifs is 6. The van der Waals surface area contributed by atoms with Gasteiger partial charge in [-0.2, -0.15) is 0 Å². The van der Waals surface area contributed by atoms with E-state index >= 15 is 0 Å². The highest BCUT2D eigenvalue weighted by molar-refractivity contribution is 9.10. The second-order valence-electron chi connectivity index (χ2n) is 11.0. The second kappa shape index (κ2) is 10.3. The van der Waals surface area contributed by atoms with Crippen molar-refractivity contribution in [1.29, 1.82) is 0 Å². The van der Waals surface area contributed by atoms with Gasteiger partial charge in [0.15, 0.2) is 17.5 Å². The van der Waals surface area contributed by atoms with Crippen molar-refractivity contribution in [2.24, 2.45) is 0 Å². The first kappa shape index (κ1) is 25.9. The highest BCUT2D eigenvalue weighted by atomic mass is 79.9. The Labute approximate surface area is 266 Å². The van der Waals surface area contributed by atoms with Gasteiger partial charge in [0.05, 0.1) is 0 Å². The zero-order valence-corrected chi connectivity index (χ0v) is 25.3. The maximum atomic E-state index is 6.20. The number of halogens is 1. The molecule has 5 nitrogen and oxygen atoms in total. The minimum atomic E-state index is 0.568. The van der Waals surface area contributed by atoms with Crippen molar-refractivity contribution in [1.82, 2.24) is 15.0 Å². The predicted octanol–water partition coefficient (Wildman–Crippen LogP) is 11.1. The Morgan fingerprint density at radius 2 is 0.822 bits per heavy atom. The molecule has 0 amide bonds. The van der Waals surface area contributed by atoms with Gasteiger partial charge in [-0.1, -0.05) is 101 Å². The van der Waals surface area contributed by atoms with Crippen molar-refractivity contribution < 1.29 is 8.83 Å². The fourth-order valence-electron chi connectivity index (χ4n) is 5.97. The van der Waals surface area contributed by atoms with Gasteiger partial charge in [-0.05, 0) is 59.7 Å². The summed E-state index contributed by atoms with van der Waals surface area (Å²) in [6.07, 6.45) is 0. The molecule has 9 aromatic rings. The molecular weight excluding hydrogens is 622 g/mol. The zero-order chi connectivity index (χ0) is 29.9. The lowest BCUT2D eigenvalue weighted by Gasteiger charge is -2.09. The molecule has 45 heavy (non-hydrogen) atoms. The average Bonchev–Trinajstić information content (AvgIpc) is 3.65. The summed E-state index contributed by atoms with van der Waals surface area (Å²) < 4.78 is 13.4. The van der Waals surface area contributed by atoms with Crippen molar-refractivity contribution >= 4 is 59.8 Å². The highest BCUT2D eigenvalue weighted by Gasteiger charge is 2.16. The van der Waals surface area contributed by atoms with Gasteiger partial charge >= 0.3 is 0 Å². The molecule has 0 N–H and O–H groups in total. The number of benzene rings is 6. The minimum absolute atomic E-state index is 0.568. The Balaban J connectivity index is 1.20. The molecule has 3 heterocycles. The fourth-order valence-corrected chi connectivity index (χ4v) is 6.37. The zero-order valence-electron chi connectivity index (χ0n) is 23.7. The third-order valence-electron chi connectivity index (χ3n) is 8.21. The average molecular weight is 645 g/mol. The Morgan fingerprint density at radius 1 is 0.356 bits per heavy atom. The third-order valence-corrected chi connectivity index (χ3v) is 8.70. The molecule has 0 unspecified atom stereocenters. The molecule has 0 aliphatic rings. The second-order valence-corrected chi connectivity index (χ2v) is 11.9. The van der Waals surface area contributed by atoms with Crippen LogP contribution in [-0.2, 0) is 0 Å². The third kappa shape index (κ3) is 4.50. The van der Waals surface area contributed by atoms with E-state index in [1.54, 1.807) is 0 Å². The molecule has 0 spiro atoms. The molecule has 212 valence electrons. The van der Waals surface area contributed by atoms with Crippen LogP contribution >= 0.6 is 15.9 Å². The van der Waals surface area contributed by atoms with Crippen molar-refractivity contribution in [3.8, 4) is 45.3 Å². The Kier molecular flexibility index (Phi) is 5.89. The van der Waals surface area contributed by atoms with Crippen LogP contribution in [0.5, 0.6) is 0 Å². The number of aromatic nitrogens is 3. The van der Waals surface area contributed by atoms with Gasteiger partial charge < -0.3 is 8.83 Å². The molecule has 0 aliphatic heterocycles. The number of hydrogen-bond donors (Lipinski definition) is 0. The molecule has 6 aromatic carbocycles. The summed E-state index contributed by atoms with van der Waals surface area (Å²) in [5, 5.41) is 4.28. The monoisotopic (exact) mass is 643 g/mol. The van der Waals surface area contributed by atoms with E-state index in [0.29, 0.717) is 17.5 Å². The first-order chi connectivity index (χ1) is 22.2. The van der Waals surface area contributed by atoms with Crippen LogP contribution in [0.25, 0.3) is 89.2 Å². The summed E-state index contributed by atoms with van der Waals surface area (Å²) in [5.74, 6) is 1.72. The van der Waals surface area contributed by atoms with E-state index in [9.17, 15) is 0 Å². The first-order valence-corrected chi connectivity index (χ1v) is 15.4. The summed E-state index contributed by atoms with van der Waals surface area (Å²) in [4.78, 5) is 14.9. The molecule has 6 heteroatoms. The molecule has 0 radical (unpaired) electrons. The van der Waals surface area contributed by atoms with Gasteiger partial charge in [0.1, 0.15) is 22.3 Å². The van der Waals surface area contributed by atoms with Crippen molar-refractivity contribution in [3.05, 3.63) is 138 Å². The number of furan rings is 2. The molecule has 0 fully saturated rings. The fraction of sp³-hybridized carbons (Fsp3) is 0. The van der Waals surface area contributed by atoms with Crippen LogP contribution in [0.4, 0.5) is 0 Å². The van der Waals surface area contributed by atoms with E-state index in [0.717, 1.165) is 76.2 Å². The maximum absolute atomic E-state index is 6.20. The summed E-state index contributed by atoms with van der Waals surface area (Å²) >= 11 is 3.58. The minimum Gasteiger partial charge on any atom is -0.456 e. The molecular formula is C39H22BrN3O2. The molecule has 3 aromatic heterocycles. The number of nitrogens with zero attached hydrogens (tertiary/aromatic N) is 3. The van der Waals surface area contributed by atoms with Crippen molar-refractivity contribution in [2.45, 2.75) is 0 Å². The van der Waals surface area contributed by atoms with E-state index in [1.807, 2.05) is 72.8 Å². The number of rotatable bonds is 4. The number of para-hydroxylation sites is 2. The smallest absolute Gasteiger partial charge is 0.164 e. The predicted molar refractivity (Wildman–Crippen MR) is 184 cm³/mol. The SMILES string of the molecule is Brc1cccc(-c2ccc(-c3nc(-c4ccc5c(c4)oc4ccccc45)nc(-c4ccc5c(c4)oc4ccccc45)n3)cc2)c1. The molecule has 0 saturated heterocycles. The van der Waals surface area contributed by atoms with Crippen LogP contribution in [0.2, 0.25) is 0 Å². The molecule has 0 atom stereocenters. The molecule has 0 saturated carbocycles. The normalized spacial score (nSPS) is 11.7. The van der Waals surface area contributed by atoms with Crippen LogP contribution < -0.4 is 0 Å². The van der Waals surface area contributed by atoms with Crippen LogP contribution in [0.1, 0.15) is 0 Å². The summed E-state index contributed by atoms with van der Waals surface area (Å²) in [7, 11) is 0. The van der Waals surface area contributed by atoms with E-state index in [4.69, 9.17) is 23.8 Å². The lowest BCUT2D eigenvalue weighted by molar-refractivity contribution is 0.668.